The second-order valence-electron chi connectivity index (χ2n) is 5.77. The number of carboxylic acids is 1. The second kappa shape index (κ2) is 5.85. The van der Waals surface area contributed by atoms with Gasteiger partial charge in [0.25, 0.3) is 0 Å². The molecule has 1 fully saturated rings. The highest BCUT2D eigenvalue weighted by atomic mass is 16.4. The molecule has 1 aromatic rings. The van der Waals surface area contributed by atoms with E-state index in [0.717, 1.165) is 30.9 Å². The zero-order valence-corrected chi connectivity index (χ0v) is 12.0. The SMILES string of the molecule is O=C(O)c1ccc2c(c1)CC(=O)N2CCN1CCCCC1. The number of nitrogens with zero attached hydrogens (tertiary/aromatic N) is 2. The third-order valence-corrected chi connectivity index (χ3v) is 4.35. The van der Waals surface area contributed by atoms with Crippen molar-refractivity contribution in [3.63, 3.8) is 0 Å². The molecule has 1 N–H and O–H groups in total. The number of aromatic carboxylic acids is 1. The number of hydrogen-bond acceptors (Lipinski definition) is 3. The van der Waals surface area contributed by atoms with Crippen molar-refractivity contribution in [2.75, 3.05) is 31.1 Å². The summed E-state index contributed by atoms with van der Waals surface area (Å²) in [5, 5.41) is 9.02. The van der Waals surface area contributed by atoms with Crippen LogP contribution in [0.4, 0.5) is 5.69 Å². The zero-order chi connectivity index (χ0) is 14.8. The van der Waals surface area contributed by atoms with Crippen LogP contribution in [0, 0.1) is 0 Å². The van der Waals surface area contributed by atoms with Crippen molar-refractivity contribution in [3.8, 4) is 0 Å². The fourth-order valence-corrected chi connectivity index (χ4v) is 3.19. The van der Waals surface area contributed by atoms with Crippen molar-refractivity contribution in [2.45, 2.75) is 25.7 Å². The number of carbonyl (C=O) groups is 2. The van der Waals surface area contributed by atoms with Crippen molar-refractivity contribution in [2.24, 2.45) is 0 Å². The van der Waals surface area contributed by atoms with E-state index in [2.05, 4.69) is 4.90 Å². The lowest BCUT2D eigenvalue weighted by atomic mass is 10.1. The van der Waals surface area contributed by atoms with Crippen LogP contribution in [0.1, 0.15) is 35.2 Å². The maximum atomic E-state index is 12.1. The predicted octanol–water partition coefficient (Wildman–Crippen LogP) is 1.76. The van der Waals surface area contributed by atoms with Gasteiger partial charge in [0.15, 0.2) is 0 Å². The number of fused-ring (bicyclic) bond motifs is 1. The fraction of sp³-hybridized carbons (Fsp3) is 0.500. The molecule has 0 spiro atoms. The summed E-state index contributed by atoms with van der Waals surface area (Å²) in [5.74, 6) is -0.874. The number of piperidine rings is 1. The van der Waals surface area contributed by atoms with Gasteiger partial charge in [-0.15, -0.1) is 0 Å². The molecule has 1 saturated heterocycles. The van der Waals surface area contributed by atoms with E-state index in [4.69, 9.17) is 5.11 Å². The van der Waals surface area contributed by atoms with E-state index in [1.54, 1.807) is 23.1 Å². The molecule has 5 nitrogen and oxygen atoms in total. The van der Waals surface area contributed by atoms with E-state index in [0.29, 0.717) is 13.0 Å². The smallest absolute Gasteiger partial charge is 0.335 e. The summed E-state index contributed by atoms with van der Waals surface area (Å²) in [6, 6.07) is 4.96. The average molecular weight is 288 g/mol. The maximum absolute atomic E-state index is 12.1. The van der Waals surface area contributed by atoms with E-state index in [-0.39, 0.29) is 11.5 Å². The number of amides is 1. The highest BCUT2D eigenvalue weighted by Gasteiger charge is 2.28. The van der Waals surface area contributed by atoms with Crippen LogP contribution >= 0.6 is 0 Å². The van der Waals surface area contributed by atoms with Crippen LogP contribution in [-0.2, 0) is 11.2 Å². The quantitative estimate of drug-likeness (QED) is 0.917. The van der Waals surface area contributed by atoms with Gasteiger partial charge >= 0.3 is 5.97 Å². The van der Waals surface area contributed by atoms with E-state index in [1.807, 2.05) is 0 Å². The summed E-state index contributed by atoms with van der Waals surface area (Å²) >= 11 is 0. The standard InChI is InChI=1S/C16H20N2O3/c19-15-11-13-10-12(16(20)21)4-5-14(13)18(15)9-8-17-6-2-1-3-7-17/h4-5,10H,1-3,6-9,11H2,(H,20,21). The number of carbonyl (C=O) groups excluding carboxylic acids is 1. The molecule has 0 unspecified atom stereocenters. The van der Waals surface area contributed by atoms with Crippen LogP contribution in [0.5, 0.6) is 0 Å². The first-order valence-electron chi connectivity index (χ1n) is 7.54. The molecule has 1 aromatic carbocycles. The zero-order valence-electron chi connectivity index (χ0n) is 12.0. The van der Waals surface area contributed by atoms with Crippen LogP contribution in [0.25, 0.3) is 0 Å². The highest BCUT2D eigenvalue weighted by Crippen LogP contribution is 2.29. The molecule has 2 heterocycles. The van der Waals surface area contributed by atoms with E-state index in [1.165, 1.54) is 19.3 Å². The Hall–Kier alpha value is -1.88. The molecule has 1 amide bonds. The van der Waals surface area contributed by atoms with Crippen molar-refractivity contribution in [1.82, 2.24) is 4.90 Å². The lowest BCUT2D eigenvalue weighted by molar-refractivity contribution is -0.117. The number of anilines is 1. The summed E-state index contributed by atoms with van der Waals surface area (Å²) < 4.78 is 0. The minimum atomic E-state index is -0.947. The monoisotopic (exact) mass is 288 g/mol. The lowest BCUT2D eigenvalue weighted by Crippen LogP contribution is -2.39. The molecule has 112 valence electrons. The van der Waals surface area contributed by atoms with Gasteiger partial charge in [0.05, 0.1) is 12.0 Å². The van der Waals surface area contributed by atoms with Crippen molar-refractivity contribution in [3.05, 3.63) is 29.3 Å². The van der Waals surface area contributed by atoms with Gasteiger partial charge in [0, 0.05) is 18.8 Å². The molecule has 0 radical (unpaired) electrons. The molecule has 2 aliphatic rings. The van der Waals surface area contributed by atoms with Crippen LogP contribution in [0.2, 0.25) is 0 Å². The molecular weight excluding hydrogens is 268 g/mol. The summed E-state index contributed by atoms with van der Waals surface area (Å²) in [5.41, 5.74) is 1.96. The predicted molar refractivity (Wildman–Crippen MR) is 79.7 cm³/mol. The summed E-state index contributed by atoms with van der Waals surface area (Å²) in [6.45, 7) is 3.82. The minimum Gasteiger partial charge on any atom is -0.478 e. The summed E-state index contributed by atoms with van der Waals surface area (Å²) in [6.07, 6.45) is 4.11. The lowest BCUT2D eigenvalue weighted by Gasteiger charge is -2.28. The Bertz CT molecular complexity index is 565. The molecule has 2 aliphatic heterocycles. The van der Waals surface area contributed by atoms with Gasteiger partial charge in [-0.25, -0.2) is 4.79 Å². The molecule has 21 heavy (non-hydrogen) atoms. The van der Waals surface area contributed by atoms with Crippen molar-refractivity contribution < 1.29 is 14.7 Å². The molecule has 3 rings (SSSR count). The van der Waals surface area contributed by atoms with Gasteiger partial charge < -0.3 is 14.9 Å². The van der Waals surface area contributed by atoms with Gasteiger partial charge in [-0.1, -0.05) is 6.42 Å². The Morgan fingerprint density at radius 3 is 2.62 bits per heavy atom. The first kappa shape index (κ1) is 14.1. The number of carboxylic acid groups (broad SMARTS) is 1. The summed E-state index contributed by atoms with van der Waals surface area (Å²) in [7, 11) is 0. The molecule has 5 heteroatoms. The number of benzene rings is 1. The van der Waals surface area contributed by atoms with Crippen LogP contribution in [-0.4, -0.2) is 48.1 Å². The van der Waals surface area contributed by atoms with Crippen LogP contribution in [0.3, 0.4) is 0 Å². The fourth-order valence-electron chi connectivity index (χ4n) is 3.19. The third-order valence-electron chi connectivity index (χ3n) is 4.35. The first-order chi connectivity index (χ1) is 10.1. The van der Waals surface area contributed by atoms with Gasteiger partial charge in [0.1, 0.15) is 0 Å². The average Bonchev–Trinajstić information content (AvgIpc) is 2.80. The Balaban J connectivity index is 1.70. The number of likely N-dealkylation sites (tertiary alicyclic amines) is 1. The molecular formula is C16H20N2O3. The van der Waals surface area contributed by atoms with Gasteiger partial charge in [-0.05, 0) is 49.7 Å². The molecule has 0 aromatic heterocycles. The number of hydrogen-bond donors (Lipinski definition) is 1. The number of rotatable bonds is 4. The second-order valence-corrected chi connectivity index (χ2v) is 5.77. The van der Waals surface area contributed by atoms with Gasteiger partial charge in [-0.2, -0.15) is 0 Å². The van der Waals surface area contributed by atoms with E-state index in [9.17, 15) is 9.59 Å². The third kappa shape index (κ3) is 2.93. The highest BCUT2D eigenvalue weighted by molar-refractivity contribution is 6.02. The normalized spacial score (nSPS) is 18.9. The molecule has 0 bridgehead atoms. The topological polar surface area (TPSA) is 60.9 Å². The maximum Gasteiger partial charge on any atom is 0.335 e. The first-order valence-corrected chi connectivity index (χ1v) is 7.54. The molecule has 0 aliphatic carbocycles. The van der Waals surface area contributed by atoms with Crippen LogP contribution in [0.15, 0.2) is 18.2 Å². The van der Waals surface area contributed by atoms with Gasteiger partial charge in [0.2, 0.25) is 5.91 Å². The van der Waals surface area contributed by atoms with Crippen LogP contribution < -0.4 is 4.90 Å². The Labute approximate surface area is 124 Å². The van der Waals surface area contributed by atoms with E-state index < -0.39 is 5.97 Å². The molecule has 0 saturated carbocycles. The van der Waals surface area contributed by atoms with Crippen molar-refractivity contribution in [1.29, 1.82) is 0 Å². The Morgan fingerprint density at radius 2 is 1.90 bits per heavy atom. The van der Waals surface area contributed by atoms with E-state index >= 15 is 0 Å². The molecule has 0 atom stereocenters. The Morgan fingerprint density at radius 1 is 1.14 bits per heavy atom. The minimum absolute atomic E-state index is 0.0737. The summed E-state index contributed by atoms with van der Waals surface area (Å²) in [4.78, 5) is 27.3. The van der Waals surface area contributed by atoms with Gasteiger partial charge in [-0.3, -0.25) is 4.79 Å². The van der Waals surface area contributed by atoms with Crippen molar-refractivity contribution >= 4 is 17.6 Å². The largest absolute Gasteiger partial charge is 0.478 e. The Kier molecular flexibility index (Phi) is 3.92.